The summed E-state index contributed by atoms with van der Waals surface area (Å²) in [6, 6.07) is 0. The molecule has 0 spiro atoms. The van der Waals surface area contributed by atoms with E-state index >= 15 is 0 Å². The third kappa shape index (κ3) is 15.1. The van der Waals surface area contributed by atoms with Crippen LogP contribution in [0.4, 0.5) is 18.0 Å². The molecule has 0 radical (unpaired) electrons. The second-order valence-electron chi connectivity index (χ2n) is 9.78. The van der Waals surface area contributed by atoms with E-state index in [9.17, 15) is 26.4 Å². The van der Waals surface area contributed by atoms with Crippen LogP contribution in [0.2, 0.25) is 39.3 Å². The Labute approximate surface area is 198 Å². The summed E-state index contributed by atoms with van der Waals surface area (Å²) in [4.78, 5) is 12.9. The van der Waals surface area contributed by atoms with Crippen LogP contribution in [0.25, 0.3) is 4.65 Å². The van der Waals surface area contributed by atoms with Crippen LogP contribution in [0.5, 0.6) is 0 Å². The van der Waals surface area contributed by atoms with E-state index < -0.39 is 43.8 Å². The van der Waals surface area contributed by atoms with Crippen molar-refractivity contribution in [1.29, 1.82) is 0 Å². The molecule has 0 saturated heterocycles. The molecular weight excluding hydrogens is 464 g/mol. The maximum atomic E-state index is 12.2. The molecule has 1 heterocycles. The molecular formula is C17H34F3LiN2O5SSi2. The van der Waals surface area contributed by atoms with Crippen LogP contribution >= 0.6 is 0 Å². The molecule has 0 bridgehead atoms. The van der Waals surface area contributed by atoms with Gasteiger partial charge in [0, 0.05) is 19.5 Å². The van der Waals surface area contributed by atoms with Crippen molar-refractivity contribution in [2.75, 3.05) is 13.1 Å². The van der Waals surface area contributed by atoms with Crippen molar-refractivity contribution in [3.8, 4) is 0 Å². The molecule has 178 valence electrons. The quantitative estimate of drug-likeness (QED) is 0.338. The molecule has 1 aliphatic rings. The van der Waals surface area contributed by atoms with Gasteiger partial charge in [0.1, 0.15) is 11.4 Å². The third-order valence-corrected chi connectivity index (χ3v) is 9.36. The fourth-order valence-corrected chi connectivity index (χ4v) is 11.0. The Morgan fingerprint density at radius 1 is 1.06 bits per heavy atom. The fourth-order valence-electron chi connectivity index (χ4n) is 2.41. The van der Waals surface area contributed by atoms with Crippen LogP contribution in [0.15, 0.2) is 11.8 Å². The second-order valence-corrected chi connectivity index (χ2v) is 20.9. The zero-order chi connectivity index (χ0) is 24.2. The number of alkyl halides is 3. The third-order valence-electron chi connectivity index (χ3n) is 2.99. The Hall–Kier alpha value is -0.459. The number of hydrogen-bond donors (Lipinski definition) is 0. The van der Waals surface area contributed by atoms with E-state index in [4.69, 9.17) is 9.38 Å². The number of amides is 1. The molecule has 1 amide bonds. The molecule has 0 atom stereocenters. The minimum Gasteiger partial charge on any atom is -0.668 e. The van der Waals surface area contributed by atoms with Gasteiger partial charge in [-0.25, -0.2) is 4.79 Å². The fraction of sp³-hybridized carbons (Fsp3) is 0.824. The van der Waals surface area contributed by atoms with Crippen molar-refractivity contribution in [3.63, 3.8) is 0 Å². The molecule has 0 N–H and O–H groups in total. The molecule has 0 fully saturated rings. The molecule has 31 heavy (non-hydrogen) atoms. The molecule has 0 aliphatic carbocycles. The van der Waals surface area contributed by atoms with E-state index in [1.165, 1.54) is 4.90 Å². The largest absolute Gasteiger partial charge is 1.00 e. The summed E-state index contributed by atoms with van der Waals surface area (Å²) in [6.07, 6.45) is 0.335. The minimum atomic E-state index is -5.67. The van der Waals surface area contributed by atoms with Crippen LogP contribution in [-0.4, -0.2) is 60.1 Å². The first kappa shape index (κ1) is 32.7. The maximum Gasteiger partial charge on any atom is 1.00 e. The van der Waals surface area contributed by atoms with Gasteiger partial charge in [0.05, 0.1) is 0 Å². The average Bonchev–Trinajstić information content (AvgIpc) is 2.41. The van der Waals surface area contributed by atoms with Crippen molar-refractivity contribution in [3.05, 3.63) is 16.5 Å². The molecule has 14 heteroatoms. The number of hydrogen-bond acceptors (Lipinski definition) is 5. The first-order valence-electron chi connectivity index (χ1n) is 9.44. The molecule has 0 aromatic carbocycles. The van der Waals surface area contributed by atoms with Crippen molar-refractivity contribution < 1.29 is 54.2 Å². The normalized spacial score (nSPS) is 15.7. The first-order chi connectivity index (χ1) is 13.0. The standard InChI is InChI=1S/C11H16F3NO5S.C6H18NSi2.Li/c1-10(2,3)19-9(16)15-6-4-8(5-7-15)20-21(17,18)11(12,13)14;1-8(2,3)7-9(4,5)6;/h4H,5-7H2,1-3H3;1-6H3;/q;-1;+1. The summed E-state index contributed by atoms with van der Waals surface area (Å²) < 4.78 is 72.0. The Bertz CT molecular complexity index is 716. The van der Waals surface area contributed by atoms with Crippen LogP contribution in [0.1, 0.15) is 27.2 Å². The topological polar surface area (TPSA) is 87.0 Å². The van der Waals surface area contributed by atoms with Crippen LogP contribution < -0.4 is 18.9 Å². The monoisotopic (exact) mass is 498 g/mol. The van der Waals surface area contributed by atoms with Gasteiger partial charge in [-0.05, 0) is 26.8 Å². The average molecular weight is 499 g/mol. The number of halogens is 3. The van der Waals surface area contributed by atoms with Crippen LogP contribution in [0.3, 0.4) is 0 Å². The van der Waals surface area contributed by atoms with E-state index in [-0.39, 0.29) is 44.1 Å². The van der Waals surface area contributed by atoms with E-state index in [2.05, 4.69) is 43.5 Å². The van der Waals surface area contributed by atoms with Gasteiger partial charge in [-0.2, -0.15) is 21.6 Å². The van der Waals surface area contributed by atoms with Crippen molar-refractivity contribution in [2.45, 2.75) is 77.6 Å². The van der Waals surface area contributed by atoms with Crippen molar-refractivity contribution in [1.82, 2.24) is 4.90 Å². The second kappa shape index (κ2) is 11.6. The maximum absolute atomic E-state index is 12.2. The molecule has 0 saturated carbocycles. The summed E-state index contributed by atoms with van der Waals surface area (Å²) in [5.74, 6) is -0.341. The number of ether oxygens (including phenoxy) is 1. The molecule has 1 aliphatic heterocycles. The van der Waals surface area contributed by atoms with Gasteiger partial charge in [0.25, 0.3) is 0 Å². The predicted octanol–water partition coefficient (Wildman–Crippen LogP) is 2.41. The summed E-state index contributed by atoms with van der Waals surface area (Å²) in [5, 5.41) is 0. The number of carbonyl (C=O) groups is 1. The Balaban J connectivity index is 0. The van der Waals surface area contributed by atoms with E-state index in [1.807, 2.05) is 0 Å². The van der Waals surface area contributed by atoms with Gasteiger partial charge in [0.15, 0.2) is 0 Å². The number of rotatable bonds is 4. The smallest absolute Gasteiger partial charge is 0.668 e. The van der Waals surface area contributed by atoms with Gasteiger partial charge in [0.2, 0.25) is 0 Å². The predicted molar refractivity (Wildman–Crippen MR) is 117 cm³/mol. The zero-order valence-electron chi connectivity index (χ0n) is 20.2. The van der Waals surface area contributed by atoms with Gasteiger partial charge in [-0.3, -0.25) is 0 Å². The summed E-state index contributed by atoms with van der Waals surface area (Å²) >= 11 is 0. The Kier molecular flexibility index (Phi) is 12.2. The molecule has 0 aromatic rings. The van der Waals surface area contributed by atoms with Crippen molar-refractivity contribution in [2.24, 2.45) is 0 Å². The SMILES string of the molecule is CC(C)(C)OC(=O)N1CC=C(OS(=O)(=O)C(F)(F)F)CC1.C[Si](C)(C)[N-][Si](C)(C)C.[Li+]. The van der Waals surface area contributed by atoms with E-state index in [0.29, 0.717) is 0 Å². The van der Waals surface area contributed by atoms with Gasteiger partial charge < -0.3 is 18.5 Å². The van der Waals surface area contributed by atoms with Crippen LogP contribution in [0, 0.1) is 0 Å². The summed E-state index contributed by atoms with van der Waals surface area (Å²) in [6.45, 7) is 18.7. The van der Waals surface area contributed by atoms with E-state index in [1.54, 1.807) is 20.8 Å². The van der Waals surface area contributed by atoms with Gasteiger partial charge >= 0.3 is 40.6 Å². The molecule has 1 rings (SSSR count). The molecule has 0 unspecified atom stereocenters. The minimum absolute atomic E-state index is 0. The number of carbonyl (C=O) groups excluding carboxylic acids is 1. The first-order valence-corrected chi connectivity index (χ1v) is 17.7. The van der Waals surface area contributed by atoms with Gasteiger partial charge in [-0.15, -0.1) is 0 Å². The Morgan fingerprint density at radius 2 is 1.52 bits per heavy atom. The molecule has 7 nitrogen and oxygen atoms in total. The Morgan fingerprint density at radius 3 is 1.77 bits per heavy atom. The van der Waals surface area contributed by atoms with E-state index in [0.717, 1.165) is 6.08 Å². The number of nitrogens with zero attached hydrogens (tertiary/aromatic N) is 2. The summed E-state index contributed by atoms with van der Waals surface area (Å²) in [7, 11) is -7.88. The molecule has 0 aromatic heterocycles. The summed E-state index contributed by atoms with van der Waals surface area (Å²) in [5.41, 5.74) is -6.17. The van der Waals surface area contributed by atoms with Crippen molar-refractivity contribution >= 4 is 32.7 Å². The zero-order valence-corrected chi connectivity index (χ0v) is 23.0. The van der Waals surface area contributed by atoms with Gasteiger partial charge in [-0.1, -0.05) is 55.8 Å². The van der Waals surface area contributed by atoms with Crippen LogP contribution in [-0.2, 0) is 19.0 Å².